The number of hydrogen-bond donors (Lipinski definition) is 1. The highest BCUT2D eigenvalue weighted by atomic mass is 16.5. The molecular weight excluding hydrogens is 230 g/mol. The summed E-state index contributed by atoms with van der Waals surface area (Å²) in [6, 6.07) is 0.159. The molecule has 0 radical (unpaired) electrons. The van der Waals surface area contributed by atoms with Gasteiger partial charge in [-0.25, -0.2) is 4.79 Å². The minimum absolute atomic E-state index is 0.159. The number of carbonyl (C=O) groups excluding carboxylic acids is 1. The second-order valence-electron chi connectivity index (χ2n) is 5.29. The number of urea groups is 1. The van der Waals surface area contributed by atoms with Gasteiger partial charge in [0.15, 0.2) is 0 Å². The van der Waals surface area contributed by atoms with Gasteiger partial charge in [-0.05, 0) is 38.3 Å². The molecule has 2 rings (SSSR count). The summed E-state index contributed by atoms with van der Waals surface area (Å²) < 4.78 is 5.27. The van der Waals surface area contributed by atoms with E-state index in [-0.39, 0.29) is 6.03 Å². The van der Waals surface area contributed by atoms with Crippen LogP contribution in [0.4, 0.5) is 4.79 Å². The normalized spacial score (nSPS) is 21.9. The number of amides is 2. The molecule has 5 nitrogen and oxygen atoms in total. The van der Waals surface area contributed by atoms with E-state index in [1.165, 1.54) is 12.8 Å². The van der Waals surface area contributed by atoms with Gasteiger partial charge in [-0.2, -0.15) is 0 Å². The molecule has 5 heteroatoms. The number of ether oxygens (including phenoxy) is 1. The van der Waals surface area contributed by atoms with Crippen LogP contribution in [0.5, 0.6) is 0 Å². The third-order valence-electron chi connectivity index (χ3n) is 3.94. The Morgan fingerprint density at radius 3 is 2.67 bits per heavy atom. The molecule has 1 N–H and O–H groups in total. The van der Waals surface area contributed by atoms with E-state index in [1.807, 2.05) is 16.8 Å². The predicted octanol–water partition coefficient (Wildman–Crippen LogP) is 0.760. The first-order chi connectivity index (χ1) is 8.77. The number of piperidine rings is 1. The van der Waals surface area contributed by atoms with Crippen LogP contribution in [0.2, 0.25) is 0 Å². The van der Waals surface area contributed by atoms with E-state index in [0.717, 1.165) is 45.1 Å². The van der Waals surface area contributed by atoms with E-state index < -0.39 is 0 Å². The van der Waals surface area contributed by atoms with E-state index in [9.17, 15) is 4.79 Å². The Kier molecular flexibility index (Phi) is 5.26. The molecular formula is C13H25N3O2. The molecule has 0 aromatic carbocycles. The molecule has 2 amide bonds. The standard InChI is InChI=1S/C13H25N3O2/c1-15(7-4-12-2-5-14-6-3-12)13(17)16-8-10-18-11-9-16/h12,14H,2-11H2,1H3. The van der Waals surface area contributed by atoms with Crippen molar-refractivity contribution in [2.24, 2.45) is 5.92 Å². The maximum Gasteiger partial charge on any atom is 0.319 e. The van der Waals surface area contributed by atoms with Gasteiger partial charge in [-0.15, -0.1) is 0 Å². The number of rotatable bonds is 3. The van der Waals surface area contributed by atoms with E-state index >= 15 is 0 Å². The van der Waals surface area contributed by atoms with Gasteiger partial charge in [0, 0.05) is 26.7 Å². The molecule has 2 aliphatic heterocycles. The largest absolute Gasteiger partial charge is 0.378 e. The highest BCUT2D eigenvalue weighted by molar-refractivity contribution is 5.74. The van der Waals surface area contributed by atoms with Crippen LogP contribution in [0.25, 0.3) is 0 Å². The van der Waals surface area contributed by atoms with E-state index in [2.05, 4.69) is 5.32 Å². The number of hydrogen-bond acceptors (Lipinski definition) is 3. The van der Waals surface area contributed by atoms with Crippen molar-refractivity contribution in [2.45, 2.75) is 19.3 Å². The molecule has 0 aromatic rings. The van der Waals surface area contributed by atoms with Gasteiger partial charge in [-0.3, -0.25) is 0 Å². The summed E-state index contributed by atoms with van der Waals surface area (Å²) in [7, 11) is 1.92. The molecule has 2 fully saturated rings. The Morgan fingerprint density at radius 1 is 1.33 bits per heavy atom. The van der Waals surface area contributed by atoms with Gasteiger partial charge in [0.05, 0.1) is 13.2 Å². The maximum atomic E-state index is 12.2. The zero-order valence-corrected chi connectivity index (χ0v) is 11.4. The molecule has 0 aromatic heterocycles. The van der Waals surface area contributed by atoms with Gasteiger partial charge in [0.1, 0.15) is 0 Å². The van der Waals surface area contributed by atoms with E-state index in [1.54, 1.807) is 0 Å². The first kappa shape index (κ1) is 13.6. The van der Waals surface area contributed by atoms with Gasteiger partial charge in [0.25, 0.3) is 0 Å². The van der Waals surface area contributed by atoms with Crippen LogP contribution in [-0.2, 0) is 4.74 Å². The van der Waals surface area contributed by atoms with Crippen molar-refractivity contribution in [3.8, 4) is 0 Å². The van der Waals surface area contributed by atoms with Crippen molar-refractivity contribution >= 4 is 6.03 Å². The SMILES string of the molecule is CN(CCC1CCNCC1)C(=O)N1CCOCC1. The Balaban J connectivity index is 1.69. The molecule has 104 valence electrons. The monoisotopic (exact) mass is 255 g/mol. The van der Waals surface area contributed by atoms with Gasteiger partial charge < -0.3 is 19.9 Å². The highest BCUT2D eigenvalue weighted by Crippen LogP contribution is 2.16. The molecule has 0 saturated carbocycles. The first-order valence-electron chi connectivity index (χ1n) is 7.06. The Labute approximate surface area is 109 Å². The van der Waals surface area contributed by atoms with Crippen LogP contribution in [0.1, 0.15) is 19.3 Å². The van der Waals surface area contributed by atoms with Crippen LogP contribution >= 0.6 is 0 Å². The minimum atomic E-state index is 0.159. The fourth-order valence-corrected chi connectivity index (χ4v) is 2.64. The van der Waals surface area contributed by atoms with Crippen molar-refractivity contribution in [3.05, 3.63) is 0 Å². The summed E-state index contributed by atoms with van der Waals surface area (Å²) >= 11 is 0. The van der Waals surface area contributed by atoms with Crippen LogP contribution in [0.3, 0.4) is 0 Å². The molecule has 0 atom stereocenters. The zero-order chi connectivity index (χ0) is 12.8. The van der Waals surface area contributed by atoms with Crippen molar-refractivity contribution in [1.29, 1.82) is 0 Å². The summed E-state index contributed by atoms with van der Waals surface area (Å²) in [5.74, 6) is 0.784. The quantitative estimate of drug-likeness (QED) is 0.810. The van der Waals surface area contributed by atoms with Crippen LogP contribution in [-0.4, -0.2) is 68.8 Å². The lowest BCUT2D eigenvalue weighted by Crippen LogP contribution is -2.47. The predicted molar refractivity (Wildman–Crippen MR) is 70.6 cm³/mol. The molecule has 0 bridgehead atoms. The van der Waals surface area contributed by atoms with Gasteiger partial charge in [0.2, 0.25) is 0 Å². The summed E-state index contributed by atoms with van der Waals surface area (Å²) in [6.45, 7) is 5.95. The van der Waals surface area contributed by atoms with Crippen molar-refractivity contribution in [2.75, 3.05) is 53.0 Å². The average molecular weight is 255 g/mol. The summed E-state index contributed by atoms with van der Waals surface area (Å²) in [6.07, 6.45) is 3.63. The third-order valence-corrected chi connectivity index (χ3v) is 3.94. The fraction of sp³-hybridized carbons (Fsp3) is 0.923. The van der Waals surface area contributed by atoms with Crippen molar-refractivity contribution < 1.29 is 9.53 Å². The smallest absolute Gasteiger partial charge is 0.319 e. The van der Waals surface area contributed by atoms with E-state index in [4.69, 9.17) is 4.74 Å². The number of nitrogens with one attached hydrogen (secondary N) is 1. The molecule has 2 heterocycles. The Hall–Kier alpha value is -0.810. The highest BCUT2D eigenvalue weighted by Gasteiger charge is 2.21. The number of nitrogens with zero attached hydrogens (tertiary/aromatic N) is 2. The topological polar surface area (TPSA) is 44.8 Å². The molecule has 0 spiro atoms. The van der Waals surface area contributed by atoms with Gasteiger partial charge in [-0.1, -0.05) is 0 Å². The molecule has 18 heavy (non-hydrogen) atoms. The average Bonchev–Trinajstić information content (AvgIpc) is 2.46. The molecule has 2 saturated heterocycles. The second-order valence-corrected chi connectivity index (χ2v) is 5.29. The lowest BCUT2D eigenvalue weighted by molar-refractivity contribution is 0.0448. The lowest BCUT2D eigenvalue weighted by Gasteiger charge is -2.32. The second kappa shape index (κ2) is 6.95. The molecule has 2 aliphatic rings. The number of morpholine rings is 1. The lowest BCUT2D eigenvalue weighted by atomic mass is 9.94. The Morgan fingerprint density at radius 2 is 2.00 bits per heavy atom. The molecule has 0 unspecified atom stereocenters. The third kappa shape index (κ3) is 3.85. The van der Waals surface area contributed by atoms with Crippen LogP contribution in [0, 0.1) is 5.92 Å². The summed E-state index contributed by atoms with van der Waals surface area (Å²) in [5, 5.41) is 3.37. The summed E-state index contributed by atoms with van der Waals surface area (Å²) in [4.78, 5) is 15.9. The van der Waals surface area contributed by atoms with Crippen molar-refractivity contribution in [1.82, 2.24) is 15.1 Å². The minimum Gasteiger partial charge on any atom is -0.378 e. The van der Waals surface area contributed by atoms with E-state index in [0.29, 0.717) is 13.2 Å². The molecule has 0 aliphatic carbocycles. The van der Waals surface area contributed by atoms with Crippen LogP contribution in [0.15, 0.2) is 0 Å². The van der Waals surface area contributed by atoms with Gasteiger partial charge >= 0.3 is 6.03 Å². The Bertz CT molecular complexity index is 261. The van der Waals surface area contributed by atoms with Crippen molar-refractivity contribution in [3.63, 3.8) is 0 Å². The fourth-order valence-electron chi connectivity index (χ4n) is 2.64. The maximum absolute atomic E-state index is 12.2. The van der Waals surface area contributed by atoms with Crippen LogP contribution < -0.4 is 5.32 Å². The zero-order valence-electron chi connectivity index (χ0n) is 11.4. The summed E-state index contributed by atoms with van der Waals surface area (Å²) in [5.41, 5.74) is 0. The first-order valence-corrected chi connectivity index (χ1v) is 7.06. The number of carbonyl (C=O) groups is 1.